The quantitative estimate of drug-likeness (QED) is 0.451. The standard InChI is InChI=1S/C19H14ClNO3/c20-17-9-5-4-6-14(17)10-11-16(22)12-19(23)24-18(13-21)15-7-2-1-3-8-15/h1-11,18H,12H2. The Morgan fingerprint density at radius 3 is 2.46 bits per heavy atom. The Balaban J connectivity index is 1.93. The van der Waals surface area contributed by atoms with Crippen LogP contribution < -0.4 is 0 Å². The molecule has 0 aromatic heterocycles. The maximum absolute atomic E-state index is 11.8. The number of rotatable bonds is 6. The largest absolute Gasteiger partial charge is 0.442 e. The minimum Gasteiger partial charge on any atom is -0.442 e. The molecule has 0 radical (unpaired) electrons. The summed E-state index contributed by atoms with van der Waals surface area (Å²) in [5.41, 5.74) is 1.24. The molecule has 5 heteroatoms. The molecule has 2 aromatic rings. The first kappa shape index (κ1) is 17.5. The molecule has 4 nitrogen and oxygen atoms in total. The van der Waals surface area contributed by atoms with Crippen LogP contribution in [0.3, 0.4) is 0 Å². The van der Waals surface area contributed by atoms with Gasteiger partial charge in [0.1, 0.15) is 12.5 Å². The molecule has 1 atom stereocenters. The number of nitrogens with zero attached hydrogens (tertiary/aromatic N) is 1. The highest BCUT2D eigenvalue weighted by atomic mass is 35.5. The van der Waals surface area contributed by atoms with Gasteiger partial charge in [-0.15, -0.1) is 0 Å². The number of allylic oxidation sites excluding steroid dienone is 1. The monoisotopic (exact) mass is 339 g/mol. The molecular formula is C19H14ClNO3. The fourth-order valence-corrected chi connectivity index (χ4v) is 2.16. The van der Waals surface area contributed by atoms with Gasteiger partial charge < -0.3 is 4.74 Å². The number of esters is 1. The molecule has 0 heterocycles. The van der Waals surface area contributed by atoms with Gasteiger partial charge in [-0.05, 0) is 23.8 Å². The Bertz CT molecular complexity index is 794. The molecule has 0 aliphatic rings. The molecular weight excluding hydrogens is 326 g/mol. The topological polar surface area (TPSA) is 67.2 Å². The molecule has 24 heavy (non-hydrogen) atoms. The van der Waals surface area contributed by atoms with Crippen LogP contribution in [-0.4, -0.2) is 11.8 Å². The van der Waals surface area contributed by atoms with Gasteiger partial charge in [0, 0.05) is 10.6 Å². The summed E-state index contributed by atoms with van der Waals surface area (Å²) in [5.74, 6) is -1.18. The van der Waals surface area contributed by atoms with Crippen LogP contribution in [0.15, 0.2) is 60.7 Å². The summed E-state index contributed by atoms with van der Waals surface area (Å²) >= 11 is 5.98. The Kier molecular flexibility index (Phi) is 6.30. The summed E-state index contributed by atoms with van der Waals surface area (Å²) in [6, 6.07) is 17.6. The van der Waals surface area contributed by atoms with E-state index in [9.17, 15) is 9.59 Å². The van der Waals surface area contributed by atoms with Gasteiger partial charge in [-0.25, -0.2) is 0 Å². The maximum atomic E-state index is 11.8. The van der Waals surface area contributed by atoms with Crippen molar-refractivity contribution in [1.29, 1.82) is 5.26 Å². The van der Waals surface area contributed by atoms with Gasteiger partial charge >= 0.3 is 5.97 Å². The van der Waals surface area contributed by atoms with Gasteiger partial charge in [0.25, 0.3) is 0 Å². The highest BCUT2D eigenvalue weighted by molar-refractivity contribution is 6.32. The van der Waals surface area contributed by atoms with Crippen LogP contribution in [0.5, 0.6) is 0 Å². The maximum Gasteiger partial charge on any atom is 0.315 e. The second-order valence-corrected chi connectivity index (χ2v) is 5.31. The second-order valence-electron chi connectivity index (χ2n) is 4.91. The summed E-state index contributed by atoms with van der Waals surface area (Å²) in [5, 5.41) is 9.62. The van der Waals surface area contributed by atoms with Crippen molar-refractivity contribution < 1.29 is 14.3 Å². The molecule has 0 saturated heterocycles. The van der Waals surface area contributed by atoms with Crippen molar-refractivity contribution >= 4 is 29.4 Å². The van der Waals surface area contributed by atoms with E-state index in [0.717, 1.165) is 0 Å². The Morgan fingerprint density at radius 2 is 1.79 bits per heavy atom. The van der Waals surface area contributed by atoms with E-state index in [1.165, 1.54) is 12.2 Å². The van der Waals surface area contributed by atoms with Crippen LogP contribution in [0, 0.1) is 11.3 Å². The van der Waals surface area contributed by atoms with E-state index < -0.39 is 24.3 Å². The van der Waals surface area contributed by atoms with Gasteiger partial charge in [0.15, 0.2) is 5.78 Å². The molecule has 0 fully saturated rings. The van der Waals surface area contributed by atoms with Gasteiger partial charge in [-0.3, -0.25) is 9.59 Å². The molecule has 0 aliphatic heterocycles. The number of nitriles is 1. The Labute approximate surface area is 144 Å². The first-order valence-electron chi connectivity index (χ1n) is 7.19. The summed E-state index contributed by atoms with van der Waals surface area (Å²) in [4.78, 5) is 23.7. The molecule has 2 rings (SSSR count). The molecule has 0 aliphatic carbocycles. The molecule has 2 aromatic carbocycles. The molecule has 0 amide bonds. The fraction of sp³-hybridized carbons (Fsp3) is 0.105. The van der Waals surface area contributed by atoms with E-state index in [2.05, 4.69) is 0 Å². The predicted octanol–water partition coefficient (Wildman–Crippen LogP) is 4.12. The van der Waals surface area contributed by atoms with Crippen LogP contribution >= 0.6 is 11.6 Å². The van der Waals surface area contributed by atoms with Crippen molar-refractivity contribution in [2.75, 3.05) is 0 Å². The Hall–Kier alpha value is -2.90. The van der Waals surface area contributed by atoms with E-state index in [-0.39, 0.29) is 0 Å². The number of hydrogen-bond acceptors (Lipinski definition) is 4. The summed E-state index contributed by atoms with van der Waals surface area (Å²) in [6.07, 6.45) is 1.34. The van der Waals surface area contributed by atoms with Gasteiger partial charge in [0.2, 0.25) is 6.10 Å². The number of hydrogen-bond donors (Lipinski definition) is 0. The zero-order valence-corrected chi connectivity index (χ0v) is 13.4. The zero-order valence-electron chi connectivity index (χ0n) is 12.7. The lowest BCUT2D eigenvalue weighted by Gasteiger charge is -2.10. The van der Waals surface area contributed by atoms with Crippen molar-refractivity contribution in [3.63, 3.8) is 0 Å². The van der Waals surface area contributed by atoms with Crippen LogP contribution in [0.25, 0.3) is 6.08 Å². The normalized spacial score (nSPS) is 11.7. The third-order valence-electron chi connectivity index (χ3n) is 3.14. The van der Waals surface area contributed by atoms with E-state index in [4.69, 9.17) is 21.6 Å². The minimum atomic E-state index is -1.03. The van der Waals surface area contributed by atoms with Crippen LogP contribution in [-0.2, 0) is 14.3 Å². The van der Waals surface area contributed by atoms with Crippen LogP contribution in [0.1, 0.15) is 23.7 Å². The molecule has 0 bridgehead atoms. The highest BCUT2D eigenvalue weighted by Crippen LogP contribution is 2.18. The van der Waals surface area contributed by atoms with Crippen molar-refractivity contribution in [3.8, 4) is 6.07 Å². The third-order valence-corrected chi connectivity index (χ3v) is 3.49. The molecule has 0 N–H and O–H groups in total. The number of benzene rings is 2. The Morgan fingerprint density at radius 1 is 1.12 bits per heavy atom. The number of ether oxygens (including phenoxy) is 1. The highest BCUT2D eigenvalue weighted by Gasteiger charge is 2.17. The molecule has 1 unspecified atom stereocenters. The van der Waals surface area contributed by atoms with Crippen LogP contribution in [0.2, 0.25) is 5.02 Å². The van der Waals surface area contributed by atoms with E-state index in [1.54, 1.807) is 54.6 Å². The van der Waals surface area contributed by atoms with E-state index in [0.29, 0.717) is 16.1 Å². The predicted molar refractivity (Wildman–Crippen MR) is 91.0 cm³/mol. The number of ketones is 1. The van der Waals surface area contributed by atoms with Crippen molar-refractivity contribution in [1.82, 2.24) is 0 Å². The summed E-state index contributed by atoms with van der Waals surface area (Å²) in [7, 11) is 0. The molecule has 0 spiro atoms. The zero-order chi connectivity index (χ0) is 17.4. The number of halogens is 1. The van der Waals surface area contributed by atoms with Gasteiger partial charge in [-0.1, -0.05) is 60.1 Å². The molecule has 0 saturated carbocycles. The fourth-order valence-electron chi connectivity index (χ4n) is 1.96. The van der Waals surface area contributed by atoms with E-state index in [1.807, 2.05) is 6.07 Å². The van der Waals surface area contributed by atoms with Crippen molar-refractivity contribution in [2.24, 2.45) is 0 Å². The second kappa shape index (κ2) is 8.66. The third kappa shape index (κ3) is 5.08. The van der Waals surface area contributed by atoms with E-state index >= 15 is 0 Å². The molecule has 120 valence electrons. The lowest BCUT2D eigenvalue weighted by atomic mass is 10.1. The lowest BCUT2D eigenvalue weighted by Crippen LogP contribution is -2.13. The minimum absolute atomic E-state index is 0.426. The summed E-state index contributed by atoms with van der Waals surface area (Å²) < 4.78 is 5.05. The van der Waals surface area contributed by atoms with Gasteiger partial charge in [-0.2, -0.15) is 5.26 Å². The van der Waals surface area contributed by atoms with Crippen LogP contribution in [0.4, 0.5) is 0 Å². The van der Waals surface area contributed by atoms with Crippen molar-refractivity contribution in [3.05, 3.63) is 76.8 Å². The number of carbonyl (C=O) groups is 2. The van der Waals surface area contributed by atoms with Gasteiger partial charge in [0.05, 0.1) is 0 Å². The first-order valence-corrected chi connectivity index (χ1v) is 7.57. The lowest BCUT2D eigenvalue weighted by molar-refractivity contribution is -0.148. The summed E-state index contributed by atoms with van der Waals surface area (Å²) in [6.45, 7) is 0. The average Bonchev–Trinajstić information content (AvgIpc) is 2.59. The SMILES string of the molecule is N#CC(OC(=O)CC(=O)C=Cc1ccccc1Cl)c1ccccc1. The number of carbonyl (C=O) groups excluding carboxylic acids is 2. The smallest absolute Gasteiger partial charge is 0.315 e. The average molecular weight is 340 g/mol. The van der Waals surface area contributed by atoms with Crippen molar-refractivity contribution in [2.45, 2.75) is 12.5 Å². The first-order chi connectivity index (χ1) is 11.6.